The van der Waals surface area contributed by atoms with Crippen molar-refractivity contribution in [2.24, 2.45) is 0 Å². The molecule has 19 heavy (non-hydrogen) atoms. The summed E-state index contributed by atoms with van der Waals surface area (Å²) in [5.74, 6) is 0. The molecule has 0 aliphatic heterocycles. The Kier molecular flexibility index (Phi) is 3.44. The van der Waals surface area contributed by atoms with Crippen LogP contribution in [0.1, 0.15) is 31.4 Å². The lowest BCUT2D eigenvalue weighted by molar-refractivity contribution is 0.162. The topological polar surface area (TPSA) is 58.0 Å². The van der Waals surface area contributed by atoms with Crippen molar-refractivity contribution in [3.63, 3.8) is 0 Å². The highest BCUT2D eigenvalue weighted by atomic mass is 16.3. The molecule has 4 heteroatoms. The molecule has 1 aromatic carbocycles. The van der Waals surface area contributed by atoms with Crippen LogP contribution in [-0.2, 0) is 6.54 Å². The Labute approximate surface area is 112 Å². The van der Waals surface area contributed by atoms with Gasteiger partial charge in [-0.3, -0.25) is 4.98 Å². The number of hydrogen-bond acceptors (Lipinski definition) is 4. The molecule has 1 saturated carbocycles. The van der Waals surface area contributed by atoms with Crippen LogP contribution in [0.25, 0.3) is 11.0 Å². The van der Waals surface area contributed by atoms with Crippen molar-refractivity contribution in [2.75, 3.05) is 6.61 Å². The number of aromatic nitrogens is 2. The van der Waals surface area contributed by atoms with Crippen LogP contribution in [0.15, 0.2) is 30.5 Å². The lowest BCUT2D eigenvalue weighted by atomic mass is 9.99. The van der Waals surface area contributed by atoms with Gasteiger partial charge in [0.1, 0.15) is 0 Å². The molecule has 1 aliphatic carbocycles. The molecular weight excluding hydrogens is 238 g/mol. The minimum Gasteiger partial charge on any atom is -0.394 e. The predicted molar refractivity (Wildman–Crippen MR) is 74.7 cm³/mol. The lowest BCUT2D eigenvalue weighted by Gasteiger charge is -2.27. The van der Waals surface area contributed by atoms with Gasteiger partial charge in [0, 0.05) is 12.1 Å². The number of benzene rings is 1. The summed E-state index contributed by atoms with van der Waals surface area (Å²) in [5.41, 5.74) is 2.67. The Balaban J connectivity index is 1.74. The number of rotatable bonds is 4. The molecule has 0 bridgehead atoms. The van der Waals surface area contributed by atoms with Gasteiger partial charge in [-0.05, 0) is 25.0 Å². The summed E-state index contributed by atoms with van der Waals surface area (Å²) in [6.07, 6.45) is 6.29. The average molecular weight is 257 g/mol. The Morgan fingerprint density at radius 3 is 2.63 bits per heavy atom. The van der Waals surface area contributed by atoms with Gasteiger partial charge in [-0.1, -0.05) is 25.0 Å². The summed E-state index contributed by atoms with van der Waals surface area (Å²) in [6.45, 7) is 0.867. The second-order valence-electron chi connectivity index (χ2n) is 5.35. The van der Waals surface area contributed by atoms with Gasteiger partial charge in [0.25, 0.3) is 0 Å². The highest BCUT2D eigenvalue weighted by Crippen LogP contribution is 2.29. The molecule has 1 aromatic heterocycles. The van der Waals surface area contributed by atoms with Crippen LogP contribution in [0.4, 0.5) is 0 Å². The fourth-order valence-electron chi connectivity index (χ4n) is 2.80. The van der Waals surface area contributed by atoms with Crippen molar-refractivity contribution in [3.8, 4) is 0 Å². The third kappa shape index (κ3) is 2.60. The molecule has 0 amide bonds. The molecule has 0 spiro atoms. The van der Waals surface area contributed by atoms with Crippen LogP contribution >= 0.6 is 0 Å². The van der Waals surface area contributed by atoms with E-state index in [2.05, 4.69) is 15.3 Å². The average Bonchev–Trinajstić information content (AvgIpc) is 2.94. The van der Waals surface area contributed by atoms with Crippen molar-refractivity contribution < 1.29 is 5.11 Å². The molecule has 2 aromatic rings. The molecule has 2 N–H and O–H groups in total. The van der Waals surface area contributed by atoms with E-state index in [9.17, 15) is 5.11 Å². The van der Waals surface area contributed by atoms with Gasteiger partial charge in [0.15, 0.2) is 0 Å². The Bertz CT molecular complexity index is 564. The van der Waals surface area contributed by atoms with Gasteiger partial charge in [-0.2, -0.15) is 0 Å². The number of aliphatic hydroxyl groups is 1. The fraction of sp³-hybridized carbons (Fsp3) is 0.467. The maximum absolute atomic E-state index is 9.57. The molecule has 1 fully saturated rings. The molecule has 4 nitrogen and oxygen atoms in total. The van der Waals surface area contributed by atoms with Gasteiger partial charge in [0.2, 0.25) is 0 Å². The lowest BCUT2D eigenvalue weighted by Crippen LogP contribution is -2.45. The quantitative estimate of drug-likeness (QED) is 0.880. The smallest absolute Gasteiger partial charge is 0.0890 e. The summed E-state index contributed by atoms with van der Waals surface area (Å²) in [6, 6.07) is 7.88. The zero-order chi connectivity index (χ0) is 13.1. The number of fused-ring (bicyclic) bond motifs is 1. The first-order valence-electron chi connectivity index (χ1n) is 6.88. The molecule has 0 unspecified atom stereocenters. The van der Waals surface area contributed by atoms with E-state index in [1.165, 1.54) is 12.8 Å². The molecule has 100 valence electrons. The molecule has 0 saturated heterocycles. The second-order valence-corrected chi connectivity index (χ2v) is 5.35. The van der Waals surface area contributed by atoms with E-state index in [1.807, 2.05) is 30.5 Å². The van der Waals surface area contributed by atoms with Crippen molar-refractivity contribution in [2.45, 2.75) is 37.8 Å². The van der Waals surface area contributed by atoms with Crippen LogP contribution < -0.4 is 5.32 Å². The van der Waals surface area contributed by atoms with Crippen LogP contribution in [0.3, 0.4) is 0 Å². The summed E-state index contributed by atoms with van der Waals surface area (Å²) in [4.78, 5) is 9.00. The summed E-state index contributed by atoms with van der Waals surface area (Å²) in [7, 11) is 0. The van der Waals surface area contributed by atoms with Crippen molar-refractivity contribution in [1.29, 1.82) is 0 Å². The van der Waals surface area contributed by atoms with Gasteiger partial charge in [-0.15, -0.1) is 0 Å². The van der Waals surface area contributed by atoms with Crippen molar-refractivity contribution in [3.05, 3.63) is 36.2 Å². The SMILES string of the molecule is OCC1(NCc2cnc3ccccc3n2)CCCC1. The summed E-state index contributed by atoms with van der Waals surface area (Å²) in [5, 5.41) is 13.0. The Morgan fingerprint density at radius 1 is 1.16 bits per heavy atom. The maximum Gasteiger partial charge on any atom is 0.0890 e. The van der Waals surface area contributed by atoms with Gasteiger partial charge >= 0.3 is 0 Å². The van der Waals surface area contributed by atoms with E-state index in [0.29, 0.717) is 6.54 Å². The minimum absolute atomic E-state index is 0.104. The summed E-state index contributed by atoms with van der Waals surface area (Å²) >= 11 is 0. The normalized spacial score (nSPS) is 17.9. The zero-order valence-corrected chi connectivity index (χ0v) is 11.0. The fourth-order valence-corrected chi connectivity index (χ4v) is 2.80. The number of para-hydroxylation sites is 2. The van der Waals surface area contributed by atoms with E-state index in [0.717, 1.165) is 29.6 Å². The number of nitrogens with zero attached hydrogens (tertiary/aromatic N) is 2. The number of aliphatic hydroxyl groups excluding tert-OH is 1. The second kappa shape index (κ2) is 5.23. The first-order valence-corrected chi connectivity index (χ1v) is 6.88. The van der Waals surface area contributed by atoms with Crippen LogP contribution in [0, 0.1) is 0 Å². The van der Waals surface area contributed by atoms with E-state index in [1.54, 1.807) is 0 Å². The molecule has 1 heterocycles. The minimum atomic E-state index is -0.104. The molecular formula is C15H19N3O. The highest BCUT2D eigenvalue weighted by molar-refractivity contribution is 5.73. The number of hydrogen-bond donors (Lipinski definition) is 2. The Hall–Kier alpha value is -1.52. The zero-order valence-electron chi connectivity index (χ0n) is 11.0. The predicted octanol–water partition coefficient (Wildman–Crippen LogP) is 2.02. The molecule has 1 aliphatic rings. The summed E-state index contributed by atoms with van der Waals surface area (Å²) < 4.78 is 0. The van der Waals surface area contributed by atoms with E-state index >= 15 is 0 Å². The highest BCUT2D eigenvalue weighted by Gasteiger charge is 2.32. The monoisotopic (exact) mass is 257 g/mol. The molecule has 0 atom stereocenters. The first kappa shape index (κ1) is 12.5. The van der Waals surface area contributed by atoms with E-state index in [4.69, 9.17) is 0 Å². The van der Waals surface area contributed by atoms with E-state index in [-0.39, 0.29) is 12.1 Å². The third-order valence-electron chi connectivity index (χ3n) is 4.01. The Morgan fingerprint density at radius 2 is 1.89 bits per heavy atom. The van der Waals surface area contributed by atoms with Crippen LogP contribution in [0.2, 0.25) is 0 Å². The number of nitrogens with one attached hydrogen (secondary N) is 1. The van der Waals surface area contributed by atoms with Gasteiger partial charge < -0.3 is 10.4 Å². The van der Waals surface area contributed by atoms with Crippen LogP contribution in [-0.4, -0.2) is 27.2 Å². The molecule has 0 radical (unpaired) electrons. The first-order chi connectivity index (χ1) is 9.31. The van der Waals surface area contributed by atoms with Crippen molar-refractivity contribution >= 4 is 11.0 Å². The maximum atomic E-state index is 9.57. The third-order valence-corrected chi connectivity index (χ3v) is 4.01. The van der Waals surface area contributed by atoms with Gasteiger partial charge in [0.05, 0.1) is 29.5 Å². The van der Waals surface area contributed by atoms with Crippen LogP contribution in [0.5, 0.6) is 0 Å². The van der Waals surface area contributed by atoms with Gasteiger partial charge in [-0.25, -0.2) is 4.98 Å². The largest absolute Gasteiger partial charge is 0.394 e. The molecule has 3 rings (SSSR count). The standard InChI is InChI=1S/C15H19N3O/c19-11-15(7-3-4-8-15)17-10-12-9-16-13-5-1-2-6-14(13)18-12/h1-2,5-6,9,17,19H,3-4,7-8,10-11H2. The van der Waals surface area contributed by atoms with Crippen molar-refractivity contribution in [1.82, 2.24) is 15.3 Å². The van der Waals surface area contributed by atoms with E-state index < -0.39 is 0 Å².